The Morgan fingerprint density at radius 2 is 2.00 bits per heavy atom. The highest BCUT2D eigenvalue weighted by atomic mass is 16.1. The van der Waals surface area contributed by atoms with Gasteiger partial charge in [-0.25, -0.2) is 0 Å². The number of hydrogen-bond acceptors (Lipinski definition) is 2. The van der Waals surface area contributed by atoms with Crippen LogP contribution in [0.2, 0.25) is 0 Å². The van der Waals surface area contributed by atoms with Crippen molar-refractivity contribution in [2.24, 2.45) is 11.7 Å². The molecule has 1 aromatic carbocycles. The molecule has 1 aliphatic carbocycles. The monoisotopic (exact) mass is 274 g/mol. The van der Waals surface area contributed by atoms with E-state index >= 15 is 0 Å². The summed E-state index contributed by atoms with van der Waals surface area (Å²) < 4.78 is 0. The molecule has 2 rings (SSSR count). The summed E-state index contributed by atoms with van der Waals surface area (Å²) in [5.74, 6) is 0.987. The Hall–Kier alpha value is -1.35. The van der Waals surface area contributed by atoms with E-state index in [1.54, 1.807) is 0 Å². The SMILES string of the molecule is CCc1ccc(C(C)CC(=O)NC(CN)C2CC2)cc1. The van der Waals surface area contributed by atoms with Crippen LogP contribution in [0.1, 0.15) is 50.2 Å². The van der Waals surface area contributed by atoms with E-state index < -0.39 is 0 Å². The molecule has 0 aromatic heterocycles. The van der Waals surface area contributed by atoms with Gasteiger partial charge in [0.25, 0.3) is 0 Å². The molecular formula is C17H26N2O. The fraction of sp³-hybridized carbons (Fsp3) is 0.588. The lowest BCUT2D eigenvalue weighted by molar-refractivity contribution is -0.122. The molecule has 1 saturated carbocycles. The first-order valence-corrected chi connectivity index (χ1v) is 7.72. The van der Waals surface area contributed by atoms with Crippen LogP contribution < -0.4 is 11.1 Å². The highest BCUT2D eigenvalue weighted by Gasteiger charge is 2.31. The van der Waals surface area contributed by atoms with Gasteiger partial charge in [0.15, 0.2) is 0 Å². The van der Waals surface area contributed by atoms with E-state index in [4.69, 9.17) is 5.73 Å². The van der Waals surface area contributed by atoms with Gasteiger partial charge >= 0.3 is 0 Å². The van der Waals surface area contributed by atoms with Crippen LogP contribution in [0.25, 0.3) is 0 Å². The van der Waals surface area contributed by atoms with Crippen molar-refractivity contribution in [3.8, 4) is 0 Å². The van der Waals surface area contributed by atoms with Crippen molar-refractivity contribution >= 4 is 5.91 Å². The topological polar surface area (TPSA) is 55.1 Å². The molecule has 0 spiro atoms. The number of hydrogen-bond donors (Lipinski definition) is 2. The molecule has 3 nitrogen and oxygen atoms in total. The summed E-state index contributed by atoms with van der Waals surface area (Å²) in [4.78, 5) is 12.1. The Morgan fingerprint density at radius 1 is 1.35 bits per heavy atom. The molecule has 2 atom stereocenters. The first kappa shape index (κ1) is 15.0. The minimum absolute atomic E-state index is 0.124. The molecule has 0 bridgehead atoms. The maximum absolute atomic E-state index is 12.1. The number of aryl methyl sites for hydroxylation is 1. The maximum atomic E-state index is 12.1. The van der Waals surface area contributed by atoms with Crippen molar-refractivity contribution < 1.29 is 4.79 Å². The summed E-state index contributed by atoms with van der Waals surface area (Å²) in [7, 11) is 0. The second kappa shape index (κ2) is 6.89. The van der Waals surface area contributed by atoms with E-state index in [1.165, 1.54) is 24.0 Å². The first-order valence-electron chi connectivity index (χ1n) is 7.72. The lowest BCUT2D eigenvalue weighted by atomic mass is 9.96. The Bertz CT molecular complexity index is 437. The molecule has 1 aromatic rings. The molecule has 20 heavy (non-hydrogen) atoms. The number of nitrogens with one attached hydrogen (secondary N) is 1. The van der Waals surface area contributed by atoms with Crippen molar-refractivity contribution in [2.75, 3.05) is 6.54 Å². The molecule has 1 amide bonds. The third-order valence-corrected chi connectivity index (χ3v) is 4.24. The normalized spacial score (nSPS) is 17.6. The van der Waals surface area contributed by atoms with Gasteiger partial charge in [0.2, 0.25) is 5.91 Å². The number of benzene rings is 1. The number of rotatable bonds is 7. The van der Waals surface area contributed by atoms with Crippen molar-refractivity contribution in [3.63, 3.8) is 0 Å². The molecule has 0 radical (unpaired) electrons. The molecule has 0 heterocycles. The zero-order valence-corrected chi connectivity index (χ0v) is 12.6. The fourth-order valence-electron chi connectivity index (χ4n) is 2.61. The summed E-state index contributed by atoms with van der Waals surface area (Å²) in [5.41, 5.74) is 8.29. The third kappa shape index (κ3) is 4.07. The zero-order valence-electron chi connectivity index (χ0n) is 12.6. The standard InChI is InChI=1S/C17H26N2O/c1-3-13-4-6-14(7-5-13)12(2)10-17(20)19-16(11-18)15-8-9-15/h4-7,12,15-16H,3,8-11,18H2,1-2H3,(H,19,20). The van der Waals surface area contributed by atoms with Crippen molar-refractivity contribution in [3.05, 3.63) is 35.4 Å². The second-order valence-electron chi connectivity index (χ2n) is 5.95. The molecule has 3 N–H and O–H groups in total. The number of amides is 1. The van der Waals surface area contributed by atoms with Crippen molar-refractivity contribution in [2.45, 2.75) is 51.5 Å². The smallest absolute Gasteiger partial charge is 0.220 e. The minimum atomic E-state index is 0.124. The van der Waals surface area contributed by atoms with Crippen LogP contribution in [0.5, 0.6) is 0 Å². The van der Waals surface area contributed by atoms with E-state index in [-0.39, 0.29) is 17.9 Å². The molecule has 110 valence electrons. The largest absolute Gasteiger partial charge is 0.352 e. The van der Waals surface area contributed by atoms with Gasteiger partial charge in [0.05, 0.1) is 0 Å². The molecule has 1 aliphatic rings. The Morgan fingerprint density at radius 3 is 2.50 bits per heavy atom. The Labute approximate surface area is 121 Å². The first-order chi connectivity index (χ1) is 9.63. The van der Waals surface area contributed by atoms with Gasteiger partial charge in [-0.15, -0.1) is 0 Å². The van der Waals surface area contributed by atoms with E-state index in [0.717, 1.165) is 6.42 Å². The molecule has 0 saturated heterocycles. The van der Waals surface area contributed by atoms with Gasteiger partial charge < -0.3 is 11.1 Å². The fourth-order valence-corrected chi connectivity index (χ4v) is 2.61. The van der Waals surface area contributed by atoms with E-state index in [0.29, 0.717) is 18.9 Å². The average molecular weight is 274 g/mol. The van der Waals surface area contributed by atoms with Gasteiger partial charge in [-0.05, 0) is 42.2 Å². The lowest BCUT2D eigenvalue weighted by Crippen LogP contribution is -2.42. The molecule has 3 heteroatoms. The summed E-state index contributed by atoms with van der Waals surface area (Å²) in [6.07, 6.45) is 4.00. The summed E-state index contributed by atoms with van der Waals surface area (Å²) in [6.45, 7) is 4.81. The van der Waals surface area contributed by atoms with E-state index in [9.17, 15) is 4.79 Å². The summed E-state index contributed by atoms with van der Waals surface area (Å²) in [5, 5.41) is 3.09. The van der Waals surface area contributed by atoms with Crippen molar-refractivity contribution in [1.82, 2.24) is 5.32 Å². The lowest BCUT2D eigenvalue weighted by Gasteiger charge is -2.18. The van der Waals surface area contributed by atoms with Gasteiger partial charge in [-0.2, -0.15) is 0 Å². The van der Waals surface area contributed by atoms with Crippen LogP contribution >= 0.6 is 0 Å². The van der Waals surface area contributed by atoms with E-state index in [2.05, 4.69) is 43.4 Å². The minimum Gasteiger partial charge on any atom is -0.352 e. The van der Waals surface area contributed by atoms with Gasteiger partial charge in [0, 0.05) is 19.0 Å². The second-order valence-corrected chi connectivity index (χ2v) is 5.95. The highest BCUT2D eigenvalue weighted by molar-refractivity contribution is 5.77. The molecule has 2 unspecified atom stereocenters. The third-order valence-electron chi connectivity index (χ3n) is 4.24. The van der Waals surface area contributed by atoms with Crippen molar-refractivity contribution in [1.29, 1.82) is 0 Å². The number of carbonyl (C=O) groups excluding carboxylic acids is 1. The van der Waals surface area contributed by atoms with Gasteiger partial charge in [0.1, 0.15) is 0 Å². The van der Waals surface area contributed by atoms with Crippen LogP contribution in [-0.4, -0.2) is 18.5 Å². The Balaban J connectivity index is 1.85. The average Bonchev–Trinajstić information content (AvgIpc) is 3.29. The Kier molecular flexibility index (Phi) is 5.18. The number of nitrogens with two attached hydrogens (primary N) is 1. The van der Waals surface area contributed by atoms with Gasteiger partial charge in [-0.1, -0.05) is 38.1 Å². The number of carbonyl (C=O) groups is 1. The van der Waals surface area contributed by atoms with Crippen LogP contribution in [0.15, 0.2) is 24.3 Å². The molecule has 0 aliphatic heterocycles. The predicted molar refractivity (Wildman–Crippen MR) is 82.6 cm³/mol. The molecule has 1 fully saturated rings. The van der Waals surface area contributed by atoms with Crippen LogP contribution in [0.4, 0.5) is 0 Å². The predicted octanol–water partition coefficient (Wildman–Crippen LogP) is 2.60. The van der Waals surface area contributed by atoms with E-state index in [1.807, 2.05) is 0 Å². The molecular weight excluding hydrogens is 248 g/mol. The summed E-state index contributed by atoms with van der Waals surface area (Å²) in [6, 6.07) is 8.75. The highest BCUT2D eigenvalue weighted by Crippen LogP contribution is 2.32. The van der Waals surface area contributed by atoms with Crippen LogP contribution in [0, 0.1) is 5.92 Å². The zero-order chi connectivity index (χ0) is 14.5. The van der Waals surface area contributed by atoms with Crippen LogP contribution in [-0.2, 0) is 11.2 Å². The van der Waals surface area contributed by atoms with Gasteiger partial charge in [-0.3, -0.25) is 4.79 Å². The quantitative estimate of drug-likeness (QED) is 0.803. The van der Waals surface area contributed by atoms with Crippen LogP contribution in [0.3, 0.4) is 0 Å². The summed E-state index contributed by atoms with van der Waals surface area (Å²) >= 11 is 0. The maximum Gasteiger partial charge on any atom is 0.220 e.